The zero-order valence-electron chi connectivity index (χ0n) is 9.68. The molecule has 0 N–H and O–H groups in total. The number of benzene rings is 1. The van der Waals surface area contributed by atoms with Gasteiger partial charge in [-0.05, 0) is 24.6 Å². The number of rotatable bonds is 4. The first-order valence-corrected chi connectivity index (χ1v) is 6.35. The summed E-state index contributed by atoms with van der Waals surface area (Å²) in [7, 11) is 0. The maximum Gasteiger partial charge on any atom is 0.348 e. The van der Waals surface area contributed by atoms with Crippen LogP contribution in [0.4, 0.5) is 0 Å². The summed E-state index contributed by atoms with van der Waals surface area (Å²) < 4.78 is 5.22. The molecule has 0 aliphatic rings. The van der Waals surface area contributed by atoms with Gasteiger partial charge in [0.25, 0.3) is 0 Å². The third-order valence-corrected chi connectivity index (χ3v) is 3.39. The molecule has 0 amide bonds. The van der Waals surface area contributed by atoms with Crippen molar-refractivity contribution in [3.05, 3.63) is 57.8 Å². The molecule has 1 aromatic carbocycles. The molecule has 2 rings (SSSR count). The van der Waals surface area contributed by atoms with Crippen LogP contribution in [0.2, 0.25) is 0 Å². The quantitative estimate of drug-likeness (QED) is 0.772. The van der Waals surface area contributed by atoms with Crippen LogP contribution in [0.25, 0.3) is 0 Å². The Hall–Kier alpha value is -1.61. The van der Waals surface area contributed by atoms with Gasteiger partial charge < -0.3 is 4.74 Å². The van der Waals surface area contributed by atoms with E-state index >= 15 is 0 Å². The second-order valence-electron chi connectivity index (χ2n) is 3.78. The molecule has 0 aliphatic heterocycles. The largest absolute Gasteiger partial charge is 0.461 e. The minimum Gasteiger partial charge on any atom is -0.461 e. The normalized spacial score (nSPS) is 10.2. The van der Waals surface area contributed by atoms with E-state index in [0.29, 0.717) is 11.5 Å². The van der Waals surface area contributed by atoms with Crippen molar-refractivity contribution in [1.82, 2.24) is 0 Å². The van der Waals surface area contributed by atoms with Gasteiger partial charge in [0.05, 0.1) is 6.61 Å². The van der Waals surface area contributed by atoms with Crippen LogP contribution in [0, 0.1) is 6.92 Å². The maximum atomic E-state index is 11.6. The summed E-state index contributed by atoms with van der Waals surface area (Å²) in [6.07, 6.45) is 0.761. The zero-order valence-corrected chi connectivity index (χ0v) is 10.5. The Balaban J connectivity index is 1.81. The van der Waals surface area contributed by atoms with Gasteiger partial charge in [0.15, 0.2) is 0 Å². The Morgan fingerprint density at radius 1 is 1.18 bits per heavy atom. The summed E-state index contributed by atoms with van der Waals surface area (Å²) >= 11 is 1.47. The summed E-state index contributed by atoms with van der Waals surface area (Å²) in [5.41, 5.74) is 1.18. The third-order valence-electron chi connectivity index (χ3n) is 2.41. The number of hydrogen-bond donors (Lipinski definition) is 0. The standard InChI is InChI=1S/C14H14O2S/c1-11-7-8-13(17-11)14(15)16-10-9-12-5-3-2-4-6-12/h2-8H,9-10H2,1H3. The van der Waals surface area contributed by atoms with Gasteiger partial charge >= 0.3 is 5.97 Å². The van der Waals surface area contributed by atoms with E-state index in [1.807, 2.05) is 49.4 Å². The van der Waals surface area contributed by atoms with Crippen molar-refractivity contribution in [3.63, 3.8) is 0 Å². The lowest BCUT2D eigenvalue weighted by molar-refractivity contribution is 0.0515. The van der Waals surface area contributed by atoms with Crippen molar-refractivity contribution in [2.75, 3.05) is 6.61 Å². The van der Waals surface area contributed by atoms with Crippen LogP contribution in [-0.4, -0.2) is 12.6 Å². The maximum absolute atomic E-state index is 11.6. The van der Waals surface area contributed by atoms with Crippen LogP contribution < -0.4 is 0 Å². The Morgan fingerprint density at radius 3 is 2.59 bits per heavy atom. The highest BCUT2D eigenvalue weighted by Gasteiger charge is 2.08. The number of esters is 1. The van der Waals surface area contributed by atoms with Crippen LogP contribution in [0.15, 0.2) is 42.5 Å². The van der Waals surface area contributed by atoms with Gasteiger partial charge in [0.1, 0.15) is 4.88 Å². The Morgan fingerprint density at radius 2 is 1.94 bits per heavy atom. The molecule has 17 heavy (non-hydrogen) atoms. The van der Waals surface area contributed by atoms with Crippen molar-refractivity contribution < 1.29 is 9.53 Å². The Kier molecular flexibility index (Phi) is 3.94. The van der Waals surface area contributed by atoms with Crippen molar-refractivity contribution in [1.29, 1.82) is 0 Å². The average Bonchev–Trinajstić information content (AvgIpc) is 2.77. The molecule has 0 atom stereocenters. The second-order valence-corrected chi connectivity index (χ2v) is 5.07. The lowest BCUT2D eigenvalue weighted by Gasteiger charge is -2.03. The van der Waals surface area contributed by atoms with Gasteiger partial charge in [-0.25, -0.2) is 4.79 Å². The molecule has 2 nitrogen and oxygen atoms in total. The Labute approximate surface area is 105 Å². The summed E-state index contributed by atoms with van der Waals surface area (Å²) in [5, 5.41) is 0. The number of carbonyl (C=O) groups excluding carboxylic acids is 1. The van der Waals surface area contributed by atoms with E-state index < -0.39 is 0 Å². The molecule has 0 saturated heterocycles. The van der Waals surface area contributed by atoms with Crippen LogP contribution in [0.1, 0.15) is 20.1 Å². The molecular weight excluding hydrogens is 232 g/mol. The first-order valence-electron chi connectivity index (χ1n) is 5.53. The molecule has 1 heterocycles. The van der Waals surface area contributed by atoms with Gasteiger partial charge in [-0.3, -0.25) is 0 Å². The van der Waals surface area contributed by atoms with Crippen molar-refractivity contribution in [2.45, 2.75) is 13.3 Å². The first kappa shape index (κ1) is 11.9. The fourth-order valence-electron chi connectivity index (χ4n) is 1.52. The number of hydrogen-bond acceptors (Lipinski definition) is 3. The van der Waals surface area contributed by atoms with E-state index in [1.165, 1.54) is 16.9 Å². The first-order chi connectivity index (χ1) is 8.25. The van der Waals surface area contributed by atoms with Crippen LogP contribution in [0.5, 0.6) is 0 Å². The monoisotopic (exact) mass is 246 g/mol. The highest BCUT2D eigenvalue weighted by Crippen LogP contribution is 2.16. The summed E-state index contributed by atoms with van der Waals surface area (Å²) in [6.45, 7) is 2.41. The molecule has 88 valence electrons. The molecule has 0 unspecified atom stereocenters. The van der Waals surface area contributed by atoms with E-state index in [1.54, 1.807) is 0 Å². The van der Waals surface area contributed by atoms with Gasteiger partial charge in [0.2, 0.25) is 0 Å². The molecule has 0 bridgehead atoms. The number of aryl methyl sites for hydroxylation is 1. The van der Waals surface area contributed by atoms with Gasteiger partial charge in [0, 0.05) is 11.3 Å². The molecule has 0 radical (unpaired) electrons. The van der Waals surface area contributed by atoms with E-state index in [0.717, 1.165) is 11.3 Å². The van der Waals surface area contributed by atoms with E-state index in [4.69, 9.17) is 4.74 Å². The molecule has 0 spiro atoms. The van der Waals surface area contributed by atoms with Gasteiger partial charge in [-0.2, -0.15) is 0 Å². The highest BCUT2D eigenvalue weighted by atomic mass is 32.1. The minimum atomic E-state index is -0.223. The molecule has 0 saturated carbocycles. The third kappa shape index (κ3) is 3.43. The Bertz CT molecular complexity index is 488. The molecule has 0 aliphatic carbocycles. The highest BCUT2D eigenvalue weighted by molar-refractivity contribution is 7.13. The van der Waals surface area contributed by atoms with Gasteiger partial charge in [-0.1, -0.05) is 30.3 Å². The van der Waals surface area contributed by atoms with Crippen molar-refractivity contribution in [3.8, 4) is 0 Å². The fourth-order valence-corrected chi connectivity index (χ4v) is 2.28. The minimum absolute atomic E-state index is 0.223. The number of carbonyl (C=O) groups is 1. The van der Waals surface area contributed by atoms with E-state index in [9.17, 15) is 4.79 Å². The SMILES string of the molecule is Cc1ccc(C(=O)OCCc2ccccc2)s1. The summed E-state index contributed by atoms with van der Waals surface area (Å²) in [4.78, 5) is 13.4. The predicted octanol–water partition coefficient (Wildman–Crippen LogP) is 3.46. The van der Waals surface area contributed by atoms with Crippen LogP contribution in [0.3, 0.4) is 0 Å². The van der Waals surface area contributed by atoms with E-state index in [-0.39, 0.29) is 5.97 Å². The lowest BCUT2D eigenvalue weighted by atomic mass is 10.2. The predicted molar refractivity (Wildman–Crippen MR) is 69.5 cm³/mol. The second kappa shape index (κ2) is 5.64. The number of ether oxygens (including phenoxy) is 1. The topological polar surface area (TPSA) is 26.3 Å². The van der Waals surface area contributed by atoms with Crippen molar-refractivity contribution in [2.24, 2.45) is 0 Å². The lowest BCUT2D eigenvalue weighted by Crippen LogP contribution is -2.06. The van der Waals surface area contributed by atoms with E-state index in [2.05, 4.69) is 0 Å². The van der Waals surface area contributed by atoms with Crippen molar-refractivity contribution >= 4 is 17.3 Å². The molecule has 2 aromatic rings. The van der Waals surface area contributed by atoms with Crippen LogP contribution >= 0.6 is 11.3 Å². The fraction of sp³-hybridized carbons (Fsp3) is 0.214. The average molecular weight is 246 g/mol. The summed E-state index contributed by atoms with van der Waals surface area (Å²) in [5.74, 6) is -0.223. The molecule has 0 fully saturated rings. The van der Waals surface area contributed by atoms with Crippen LogP contribution in [-0.2, 0) is 11.2 Å². The summed E-state index contributed by atoms with van der Waals surface area (Å²) in [6, 6.07) is 13.7. The molecule has 1 aromatic heterocycles. The molecular formula is C14H14O2S. The molecule has 3 heteroatoms. The smallest absolute Gasteiger partial charge is 0.348 e. The zero-order chi connectivity index (χ0) is 12.1. The number of thiophene rings is 1. The van der Waals surface area contributed by atoms with Gasteiger partial charge in [-0.15, -0.1) is 11.3 Å².